The smallest absolute Gasteiger partial charge is 0.233 e. The SMILES string of the molecule is CC(C)COCCOc1ccc(CNC2CC2)nn1. The van der Waals surface area contributed by atoms with Crippen LogP contribution < -0.4 is 10.1 Å². The minimum absolute atomic E-state index is 0.515. The van der Waals surface area contributed by atoms with E-state index in [1.54, 1.807) is 0 Å². The summed E-state index contributed by atoms with van der Waals surface area (Å²) < 4.78 is 10.9. The van der Waals surface area contributed by atoms with E-state index in [-0.39, 0.29) is 0 Å². The molecule has 5 heteroatoms. The van der Waals surface area contributed by atoms with Crippen LogP contribution in [0.15, 0.2) is 12.1 Å². The first kappa shape index (κ1) is 14.2. The summed E-state index contributed by atoms with van der Waals surface area (Å²) in [7, 11) is 0. The quantitative estimate of drug-likeness (QED) is 0.690. The fourth-order valence-corrected chi connectivity index (χ4v) is 1.58. The average Bonchev–Trinajstić information content (AvgIpc) is 3.21. The summed E-state index contributed by atoms with van der Waals surface area (Å²) in [6.07, 6.45) is 2.57. The Morgan fingerprint density at radius 3 is 2.74 bits per heavy atom. The largest absolute Gasteiger partial charge is 0.474 e. The van der Waals surface area contributed by atoms with Crippen LogP contribution in [-0.2, 0) is 11.3 Å². The molecule has 0 atom stereocenters. The Morgan fingerprint density at radius 2 is 2.11 bits per heavy atom. The van der Waals surface area contributed by atoms with E-state index in [1.165, 1.54) is 12.8 Å². The Labute approximate surface area is 114 Å². The molecule has 1 saturated carbocycles. The average molecular weight is 265 g/mol. The molecule has 0 amide bonds. The van der Waals surface area contributed by atoms with Gasteiger partial charge in [-0.3, -0.25) is 0 Å². The highest BCUT2D eigenvalue weighted by atomic mass is 16.5. The standard InChI is InChI=1S/C14H23N3O2/c1-11(2)10-18-7-8-19-14-6-5-13(16-17-14)9-15-12-3-4-12/h5-6,11-12,15H,3-4,7-10H2,1-2H3. The Kier molecular flexibility index (Phi) is 5.54. The molecule has 1 aliphatic carbocycles. The molecule has 1 N–H and O–H groups in total. The van der Waals surface area contributed by atoms with E-state index in [4.69, 9.17) is 9.47 Å². The molecule has 1 aliphatic rings. The maximum atomic E-state index is 5.46. The van der Waals surface area contributed by atoms with Gasteiger partial charge in [-0.2, -0.15) is 5.10 Å². The topological polar surface area (TPSA) is 56.3 Å². The molecule has 0 radical (unpaired) electrons. The molecule has 0 saturated heterocycles. The van der Waals surface area contributed by atoms with E-state index >= 15 is 0 Å². The minimum atomic E-state index is 0.515. The van der Waals surface area contributed by atoms with Gasteiger partial charge in [0, 0.05) is 25.3 Å². The van der Waals surface area contributed by atoms with Crippen molar-refractivity contribution in [2.24, 2.45) is 5.92 Å². The molecule has 0 unspecified atom stereocenters. The minimum Gasteiger partial charge on any atom is -0.474 e. The van der Waals surface area contributed by atoms with E-state index in [2.05, 4.69) is 29.4 Å². The van der Waals surface area contributed by atoms with Crippen molar-refractivity contribution in [2.75, 3.05) is 19.8 Å². The zero-order chi connectivity index (χ0) is 13.5. The summed E-state index contributed by atoms with van der Waals surface area (Å²) in [4.78, 5) is 0. The summed E-state index contributed by atoms with van der Waals surface area (Å²) in [5, 5.41) is 11.6. The summed E-state index contributed by atoms with van der Waals surface area (Å²) in [6.45, 7) is 6.91. The van der Waals surface area contributed by atoms with Gasteiger partial charge in [0.2, 0.25) is 5.88 Å². The van der Waals surface area contributed by atoms with Crippen molar-refractivity contribution in [3.63, 3.8) is 0 Å². The molecule has 106 valence electrons. The predicted octanol–water partition coefficient (Wildman–Crippen LogP) is 1.78. The summed E-state index contributed by atoms with van der Waals surface area (Å²) in [5.41, 5.74) is 0.954. The number of ether oxygens (including phenoxy) is 2. The molecule has 0 spiro atoms. The Morgan fingerprint density at radius 1 is 1.26 bits per heavy atom. The van der Waals surface area contributed by atoms with Crippen LogP contribution in [0.1, 0.15) is 32.4 Å². The van der Waals surface area contributed by atoms with Gasteiger partial charge in [0.05, 0.1) is 12.3 Å². The number of hydrogen-bond acceptors (Lipinski definition) is 5. The number of rotatable bonds is 9. The highest BCUT2D eigenvalue weighted by molar-refractivity contribution is 5.11. The fraction of sp³-hybridized carbons (Fsp3) is 0.714. The lowest BCUT2D eigenvalue weighted by molar-refractivity contribution is 0.0803. The van der Waals surface area contributed by atoms with Crippen molar-refractivity contribution in [2.45, 2.75) is 39.3 Å². The molecule has 19 heavy (non-hydrogen) atoms. The molecule has 0 bridgehead atoms. The van der Waals surface area contributed by atoms with Crippen molar-refractivity contribution in [3.05, 3.63) is 17.8 Å². The van der Waals surface area contributed by atoms with E-state index in [0.29, 0.717) is 31.1 Å². The molecular weight excluding hydrogens is 242 g/mol. The van der Waals surface area contributed by atoms with Gasteiger partial charge in [0.25, 0.3) is 0 Å². The lowest BCUT2D eigenvalue weighted by Crippen LogP contribution is -2.16. The van der Waals surface area contributed by atoms with Gasteiger partial charge in [-0.1, -0.05) is 13.8 Å². The molecule has 0 aromatic carbocycles. The third-order valence-electron chi connectivity index (χ3n) is 2.77. The second kappa shape index (κ2) is 7.40. The molecule has 0 aliphatic heterocycles. The van der Waals surface area contributed by atoms with Crippen molar-refractivity contribution in [1.29, 1.82) is 0 Å². The molecule has 2 rings (SSSR count). The van der Waals surface area contributed by atoms with E-state index in [9.17, 15) is 0 Å². The van der Waals surface area contributed by atoms with Crippen LogP contribution in [0.25, 0.3) is 0 Å². The van der Waals surface area contributed by atoms with Crippen LogP contribution in [0.5, 0.6) is 5.88 Å². The lowest BCUT2D eigenvalue weighted by Gasteiger charge is -2.08. The summed E-state index contributed by atoms with van der Waals surface area (Å²) in [5.74, 6) is 1.11. The number of nitrogens with zero attached hydrogens (tertiary/aromatic N) is 2. The number of nitrogens with one attached hydrogen (secondary N) is 1. The predicted molar refractivity (Wildman–Crippen MR) is 73.0 cm³/mol. The van der Waals surface area contributed by atoms with Crippen LogP contribution in [0.3, 0.4) is 0 Å². The fourth-order valence-electron chi connectivity index (χ4n) is 1.58. The molecule has 1 fully saturated rings. The van der Waals surface area contributed by atoms with Gasteiger partial charge in [0.15, 0.2) is 0 Å². The highest BCUT2D eigenvalue weighted by Crippen LogP contribution is 2.19. The maximum Gasteiger partial charge on any atom is 0.233 e. The molecule has 1 heterocycles. The summed E-state index contributed by atoms with van der Waals surface area (Å²) in [6, 6.07) is 4.50. The van der Waals surface area contributed by atoms with Crippen molar-refractivity contribution < 1.29 is 9.47 Å². The molecule has 1 aromatic rings. The molecule has 5 nitrogen and oxygen atoms in total. The monoisotopic (exact) mass is 265 g/mol. The first-order valence-electron chi connectivity index (χ1n) is 7.00. The van der Waals surface area contributed by atoms with Crippen LogP contribution in [0.2, 0.25) is 0 Å². The summed E-state index contributed by atoms with van der Waals surface area (Å²) >= 11 is 0. The number of hydrogen-bond donors (Lipinski definition) is 1. The van der Waals surface area contributed by atoms with Gasteiger partial charge in [-0.15, -0.1) is 5.10 Å². The van der Waals surface area contributed by atoms with E-state index in [1.807, 2.05) is 12.1 Å². The lowest BCUT2D eigenvalue weighted by atomic mass is 10.2. The van der Waals surface area contributed by atoms with Gasteiger partial charge < -0.3 is 14.8 Å². The van der Waals surface area contributed by atoms with Gasteiger partial charge in [-0.25, -0.2) is 0 Å². The normalized spacial score (nSPS) is 14.9. The second-order valence-electron chi connectivity index (χ2n) is 5.34. The van der Waals surface area contributed by atoms with Crippen molar-refractivity contribution >= 4 is 0 Å². The zero-order valence-electron chi connectivity index (χ0n) is 11.8. The van der Waals surface area contributed by atoms with Crippen LogP contribution in [0.4, 0.5) is 0 Å². The Balaban J connectivity index is 1.60. The van der Waals surface area contributed by atoms with E-state index < -0.39 is 0 Å². The Hall–Kier alpha value is -1.20. The third kappa shape index (κ3) is 5.98. The van der Waals surface area contributed by atoms with Gasteiger partial charge in [0.1, 0.15) is 6.61 Å². The van der Waals surface area contributed by atoms with Crippen LogP contribution >= 0.6 is 0 Å². The Bertz CT molecular complexity index is 363. The number of aromatic nitrogens is 2. The van der Waals surface area contributed by atoms with E-state index in [0.717, 1.165) is 18.8 Å². The van der Waals surface area contributed by atoms with Gasteiger partial charge in [-0.05, 0) is 24.8 Å². The first-order valence-corrected chi connectivity index (χ1v) is 7.00. The zero-order valence-corrected chi connectivity index (χ0v) is 11.8. The first-order chi connectivity index (χ1) is 9.24. The van der Waals surface area contributed by atoms with Crippen molar-refractivity contribution in [1.82, 2.24) is 15.5 Å². The van der Waals surface area contributed by atoms with Crippen LogP contribution in [0, 0.1) is 5.92 Å². The van der Waals surface area contributed by atoms with Gasteiger partial charge >= 0.3 is 0 Å². The molecular formula is C14H23N3O2. The third-order valence-corrected chi connectivity index (χ3v) is 2.77. The maximum absolute atomic E-state index is 5.46. The molecule has 1 aromatic heterocycles. The van der Waals surface area contributed by atoms with Crippen molar-refractivity contribution in [3.8, 4) is 5.88 Å². The highest BCUT2D eigenvalue weighted by Gasteiger charge is 2.20. The van der Waals surface area contributed by atoms with Crippen LogP contribution in [-0.4, -0.2) is 36.1 Å². The second-order valence-corrected chi connectivity index (χ2v) is 5.34.